The van der Waals surface area contributed by atoms with E-state index in [-0.39, 0.29) is 35.8 Å². The van der Waals surface area contributed by atoms with Gasteiger partial charge in [0.1, 0.15) is 34.4 Å². The third-order valence-corrected chi connectivity index (χ3v) is 8.22. The summed E-state index contributed by atoms with van der Waals surface area (Å²) in [5, 5.41) is 48.1. The monoisotopic (exact) mass is 551 g/mol. The molecule has 1 aromatic heterocycles. The van der Waals surface area contributed by atoms with Crippen molar-refractivity contribution in [1.29, 1.82) is 0 Å². The number of fused-ring (bicyclic) bond motifs is 3. The van der Waals surface area contributed by atoms with Gasteiger partial charge in [-0.2, -0.15) is 0 Å². The lowest BCUT2D eigenvalue weighted by molar-refractivity contribution is -0.153. The van der Waals surface area contributed by atoms with Gasteiger partial charge in [0.15, 0.2) is 11.4 Å². The number of aliphatic hydroxyl groups is 3. The van der Waals surface area contributed by atoms with Crippen LogP contribution in [0.3, 0.4) is 0 Å². The van der Waals surface area contributed by atoms with Gasteiger partial charge < -0.3 is 35.9 Å². The van der Waals surface area contributed by atoms with Crippen molar-refractivity contribution >= 4 is 23.2 Å². The molecule has 11 nitrogen and oxygen atoms in total. The number of phenolic OH excluding ortho intramolecular Hbond substituents is 1. The molecule has 1 saturated carbocycles. The largest absolute Gasteiger partial charge is 0.508 e. The van der Waals surface area contributed by atoms with Gasteiger partial charge in [0.05, 0.1) is 18.2 Å². The SMILES string of the molecule is CC(C)NCc1ccc(-c2ccc(O)c3c2C[C@H]2C[C@H]4[C@H](N(C)C)C(=O)C(C(N)=O)=C(O)[C@@]4(O)C(=O)C2=C3O)o1. The number of nitrogens with two attached hydrogens (primary N) is 1. The number of ketones is 2. The Bertz CT molecular complexity index is 1500. The van der Waals surface area contributed by atoms with E-state index in [0.717, 1.165) is 0 Å². The van der Waals surface area contributed by atoms with Crippen LogP contribution >= 0.6 is 0 Å². The van der Waals surface area contributed by atoms with E-state index in [4.69, 9.17) is 10.2 Å². The van der Waals surface area contributed by atoms with Crippen molar-refractivity contribution in [2.75, 3.05) is 14.1 Å². The zero-order chi connectivity index (χ0) is 29.3. The van der Waals surface area contributed by atoms with Crippen LogP contribution in [0.25, 0.3) is 17.1 Å². The maximum atomic E-state index is 13.9. The number of likely N-dealkylation sites (N-methyl/N-ethyl adjacent to an activating group) is 1. The first kappa shape index (κ1) is 27.6. The molecule has 7 N–H and O–H groups in total. The van der Waals surface area contributed by atoms with E-state index in [1.165, 1.54) is 11.0 Å². The summed E-state index contributed by atoms with van der Waals surface area (Å²) in [4.78, 5) is 40.7. The smallest absolute Gasteiger partial charge is 0.255 e. The van der Waals surface area contributed by atoms with E-state index in [1.54, 1.807) is 26.2 Å². The lowest BCUT2D eigenvalue weighted by atomic mass is 9.57. The second-order valence-corrected chi connectivity index (χ2v) is 11.2. The van der Waals surface area contributed by atoms with Gasteiger partial charge in [-0.3, -0.25) is 19.3 Å². The van der Waals surface area contributed by atoms with E-state index in [2.05, 4.69) is 5.32 Å². The number of amides is 1. The minimum atomic E-state index is -2.67. The van der Waals surface area contributed by atoms with Crippen LogP contribution in [0.2, 0.25) is 0 Å². The zero-order valence-corrected chi connectivity index (χ0v) is 22.7. The fourth-order valence-corrected chi connectivity index (χ4v) is 6.40. The normalized spacial score (nSPS) is 26.3. The molecule has 11 heteroatoms. The van der Waals surface area contributed by atoms with Crippen LogP contribution in [-0.2, 0) is 27.3 Å². The molecule has 0 bridgehead atoms. The minimum absolute atomic E-state index is 0.0164. The molecule has 2 aromatic rings. The van der Waals surface area contributed by atoms with Crippen LogP contribution in [0.1, 0.15) is 37.2 Å². The quantitative estimate of drug-likeness (QED) is 0.289. The Kier molecular flexibility index (Phi) is 6.64. The summed E-state index contributed by atoms with van der Waals surface area (Å²) in [6.07, 6.45) is 0.196. The summed E-state index contributed by atoms with van der Waals surface area (Å²) in [7, 11) is 3.12. The highest BCUT2D eigenvalue weighted by molar-refractivity contribution is 6.24. The number of hydrogen-bond acceptors (Lipinski definition) is 10. The molecule has 0 spiro atoms. The average molecular weight is 552 g/mol. The third kappa shape index (κ3) is 3.95. The van der Waals surface area contributed by atoms with Crippen LogP contribution in [0.4, 0.5) is 0 Å². The van der Waals surface area contributed by atoms with E-state index < -0.39 is 58.0 Å². The number of Topliss-reactive ketones (excluding diaryl/α,β-unsaturated/α-hetero) is 2. The fraction of sp³-hybridized carbons (Fsp3) is 0.414. The molecule has 3 aliphatic carbocycles. The molecule has 0 aliphatic heterocycles. The van der Waals surface area contributed by atoms with Crippen molar-refractivity contribution in [1.82, 2.24) is 10.2 Å². The minimum Gasteiger partial charge on any atom is -0.508 e. The molecule has 0 radical (unpaired) electrons. The summed E-state index contributed by atoms with van der Waals surface area (Å²) in [6.45, 7) is 4.55. The van der Waals surface area contributed by atoms with E-state index in [9.17, 15) is 34.8 Å². The first-order valence-electron chi connectivity index (χ1n) is 13.1. The number of benzene rings is 1. The molecule has 1 heterocycles. The topological polar surface area (TPSA) is 187 Å². The van der Waals surface area contributed by atoms with Crippen molar-refractivity contribution in [2.24, 2.45) is 17.6 Å². The molecule has 212 valence electrons. The average Bonchev–Trinajstić information content (AvgIpc) is 3.33. The summed E-state index contributed by atoms with van der Waals surface area (Å²) in [5.41, 5.74) is 2.84. The molecule has 5 rings (SSSR count). The number of hydrogen-bond donors (Lipinski definition) is 6. The molecule has 4 atom stereocenters. The van der Waals surface area contributed by atoms with Crippen molar-refractivity contribution in [3.05, 3.63) is 58.1 Å². The van der Waals surface area contributed by atoms with Crippen LogP contribution in [-0.4, -0.2) is 74.6 Å². The number of carbonyl (C=O) groups is 3. The van der Waals surface area contributed by atoms with Crippen LogP contribution < -0.4 is 11.1 Å². The van der Waals surface area contributed by atoms with Gasteiger partial charge in [-0.05, 0) is 62.7 Å². The molecule has 1 fully saturated rings. The maximum absolute atomic E-state index is 13.9. The summed E-state index contributed by atoms with van der Waals surface area (Å²) < 4.78 is 6.05. The lowest BCUT2D eigenvalue weighted by Gasteiger charge is -2.50. The van der Waals surface area contributed by atoms with Gasteiger partial charge in [-0.15, -0.1) is 0 Å². The number of phenols is 1. The Labute approximate surface area is 230 Å². The maximum Gasteiger partial charge on any atom is 0.255 e. The molecule has 3 aliphatic rings. The van der Waals surface area contributed by atoms with E-state index in [0.29, 0.717) is 29.2 Å². The van der Waals surface area contributed by atoms with Crippen LogP contribution in [0.15, 0.2) is 45.6 Å². The van der Waals surface area contributed by atoms with Gasteiger partial charge in [0, 0.05) is 23.1 Å². The molecule has 1 aromatic carbocycles. The molecule has 1 amide bonds. The van der Waals surface area contributed by atoms with Gasteiger partial charge >= 0.3 is 0 Å². The van der Waals surface area contributed by atoms with Crippen molar-refractivity contribution in [3.8, 4) is 17.1 Å². The van der Waals surface area contributed by atoms with E-state index in [1.807, 2.05) is 19.9 Å². The second-order valence-electron chi connectivity index (χ2n) is 11.2. The highest BCUT2D eigenvalue weighted by atomic mass is 16.4. The van der Waals surface area contributed by atoms with Crippen molar-refractivity contribution < 1.29 is 39.2 Å². The molecule has 40 heavy (non-hydrogen) atoms. The predicted octanol–water partition coefficient (Wildman–Crippen LogP) is 1.72. The predicted molar refractivity (Wildman–Crippen MR) is 144 cm³/mol. The number of primary amides is 1. The van der Waals surface area contributed by atoms with Crippen LogP contribution in [0.5, 0.6) is 5.75 Å². The first-order chi connectivity index (χ1) is 18.8. The number of carbonyl (C=O) groups excluding carboxylic acids is 3. The Morgan fingerprint density at radius 3 is 2.50 bits per heavy atom. The van der Waals surface area contributed by atoms with Crippen LogP contribution in [0, 0.1) is 11.8 Å². The summed E-state index contributed by atoms with van der Waals surface area (Å²) in [6, 6.07) is 5.80. The number of aromatic hydroxyl groups is 1. The Hall–Kier alpha value is -3.93. The van der Waals surface area contributed by atoms with Crippen molar-refractivity contribution in [3.63, 3.8) is 0 Å². The molecular formula is C29H33N3O8. The van der Waals surface area contributed by atoms with Crippen molar-refractivity contribution in [2.45, 2.75) is 50.9 Å². The summed E-state index contributed by atoms with van der Waals surface area (Å²) in [5.74, 6) is -5.63. The Morgan fingerprint density at radius 1 is 1.18 bits per heavy atom. The van der Waals surface area contributed by atoms with Gasteiger partial charge in [-0.25, -0.2) is 0 Å². The van der Waals surface area contributed by atoms with E-state index >= 15 is 0 Å². The molecular weight excluding hydrogens is 518 g/mol. The number of furan rings is 1. The first-order valence-corrected chi connectivity index (χ1v) is 13.1. The standard InChI is InChI=1S/C29H33N3O8/c1-12(2)31-11-14-5-8-19(40-14)15-6-7-18(33)21-16(15)9-13-10-17-23(32(3)4)25(35)22(28(30)38)27(37)29(17,39)26(36)20(13)24(21)34/h5-8,12-13,17,23,31,33-34,37,39H,9-11H2,1-4H3,(H2,30,38)/t13-,17-,23-,29-/m0/s1. The van der Waals surface area contributed by atoms with Gasteiger partial charge in [-0.1, -0.05) is 13.8 Å². The molecule has 0 saturated heterocycles. The summed E-state index contributed by atoms with van der Waals surface area (Å²) >= 11 is 0. The number of nitrogens with one attached hydrogen (secondary N) is 1. The fourth-order valence-electron chi connectivity index (χ4n) is 6.40. The van der Waals surface area contributed by atoms with Gasteiger partial charge in [0.2, 0.25) is 5.78 Å². The third-order valence-electron chi connectivity index (χ3n) is 8.22. The van der Waals surface area contributed by atoms with Gasteiger partial charge in [0.25, 0.3) is 5.91 Å². The number of aliphatic hydroxyl groups excluding tert-OH is 2. The second kappa shape index (κ2) is 9.61. The highest BCUT2D eigenvalue weighted by Crippen LogP contribution is 2.53. The highest BCUT2D eigenvalue weighted by Gasteiger charge is 2.64. The zero-order valence-electron chi connectivity index (χ0n) is 22.7. The lowest BCUT2D eigenvalue weighted by Crippen LogP contribution is -2.65. The molecule has 0 unspecified atom stereocenters. The Balaban J connectivity index is 1.66. The number of rotatable bonds is 6. The number of nitrogens with zero attached hydrogens (tertiary/aromatic N) is 1. The Morgan fingerprint density at radius 2 is 1.88 bits per heavy atom.